The molecule has 0 amide bonds. The Labute approximate surface area is 182 Å². The molecule has 0 bridgehead atoms. The fourth-order valence-electron chi connectivity index (χ4n) is 3.34. The second-order valence-electron chi connectivity index (χ2n) is 7.54. The zero-order chi connectivity index (χ0) is 22.4. The van der Waals surface area contributed by atoms with Gasteiger partial charge in [-0.3, -0.25) is 5.43 Å². The number of aliphatic imine (C=N–C) groups is 1. The summed E-state index contributed by atoms with van der Waals surface area (Å²) >= 11 is 0. The van der Waals surface area contributed by atoms with Crippen LogP contribution in [0.4, 0.5) is 11.7 Å². The maximum Gasteiger partial charge on any atom is 0.347 e. The lowest BCUT2D eigenvalue weighted by molar-refractivity contribution is 0.0523. The summed E-state index contributed by atoms with van der Waals surface area (Å²) in [5.41, 5.74) is 4.64. The first-order valence-electron chi connectivity index (χ1n) is 10.7. The lowest BCUT2D eigenvalue weighted by Gasteiger charge is -2.25. The van der Waals surface area contributed by atoms with Crippen molar-refractivity contribution in [3.05, 3.63) is 35.2 Å². The summed E-state index contributed by atoms with van der Waals surface area (Å²) in [6.07, 6.45) is 9.40. The van der Waals surface area contributed by atoms with Gasteiger partial charge in [-0.25, -0.2) is 19.8 Å². The number of pyridine rings is 1. The molecule has 2 aromatic rings. The summed E-state index contributed by atoms with van der Waals surface area (Å²) in [5.74, 6) is -0.0227. The molecule has 0 saturated heterocycles. The lowest BCUT2D eigenvalue weighted by atomic mass is 10.1. The van der Waals surface area contributed by atoms with Crippen LogP contribution in [0.3, 0.4) is 0 Å². The van der Waals surface area contributed by atoms with E-state index in [0.29, 0.717) is 5.82 Å². The molecule has 3 rings (SSSR count). The van der Waals surface area contributed by atoms with Crippen molar-refractivity contribution >= 4 is 35.5 Å². The Morgan fingerprint density at radius 1 is 1.39 bits per heavy atom. The van der Waals surface area contributed by atoms with Crippen molar-refractivity contribution in [3.63, 3.8) is 0 Å². The van der Waals surface area contributed by atoms with Crippen molar-refractivity contribution < 1.29 is 19.1 Å². The molecule has 0 radical (unpaired) electrons. The van der Waals surface area contributed by atoms with E-state index in [4.69, 9.17) is 9.15 Å². The van der Waals surface area contributed by atoms with Crippen LogP contribution < -0.4 is 5.43 Å². The maximum absolute atomic E-state index is 12.5. The fraction of sp³-hybridized carbons (Fsp3) is 0.435. The molecule has 8 nitrogen and oxygen atoms in total. The Morgan fingerprint density at radius 3 is 2.94 bits per heavy atom. The van der Waals surface area contributed by atoms with Gasteiger partial charge in [0.1, 0.15) is 0 Å². The van der Waals surface area contributed by atoms with E-state index in [1.54, 1.807) is 25.4 Å². The minimum Gasteiger partial charge on any atom is -0.504 e. The minimum absolute atomic E-state index is 0.0253. The van der Waals surface area contributed by atoms with Gasteiger partial charge >= 0.3 is 5.97 Å². The number of hydrogen-bond acceptors (Lipinski definition) is 8. The highest BCUT2D eigenvalue weighted by Gasteiger charge is 2.28. The van der Waals surface area contributed by atoms with Crippen LogP contribution in [0.2, 0.25) is 0 Å². The Hall–Kier alpha value is -3.13. The minimum atomic E-state index is -0.648. The Bertz CT molecular complexity index is 980. The van der Waals surface area contributed by atoms with E-state index in [1.165, 1.54) is 6.42 Å². The van der Waals surface area contributed by atoms with Crippen LogP contribution >= 0.6 is 0 Å². The van der Waals surface area contributed by atoms with Gasteiger partial charge in [-0.15, -0.1) is 0 Å². The summed E-state index contributed by atoms with van der Waals surface area (Å²) in [6, 6.07) is 3.91. The van der Waals surface area contributed by atoms with Gasteiger partial charge in [0.05, 0.1) is 6.61 Å². The zero-order valence-electron chi connectivity index (χ0n) is 18.5. The summed E-state index contributed by atoms with van der Waals surface area (Å²) in [6.45, 7) is 6.17. The summed E-state index contributed by atoms with van der Waals surface area (Å²) in [4.78, 5) is 21.0. The average Bonchev–Trinajstić information content (AvgIpc) is 3.29. The monoisotopic (exact) mass is 426 g/mol. The molecule has 2 N–H and O–H groups in total. The number of aromatic nitrogens is 1. The third-order valence-corrected chi connectivity index (χ3v) is 5.26. The van der Waals surface area contributed by atoms with Crippen molar-refractivity contribution in [3.8, 4) is 5.75 Å². The first-order valence-corrected chi connectivity index (χ1v) is 10.7. The number of nitrogens with one attached hydrogen (secondary N) is 1. The number of unbranched alkanes of at least 4 members (excludes halogenated alkanes) is 2. The van der Waals surface area contributed by atoms with E-state index in [0.717, 1.165) is 30.4 Å². The van der Waals surface area contributed by atoms with Gasteiger partial charge in [0.2, 0.25) is 5.88 Å². The largest absolute Gasteiger partial charge is 0.504 e. The highest BCUT2D eigenvalue weighted by Crippen LogP contribution is 2.38. The Kier molecular flexibility index (Phi) is 7.46. The topological polar surface area (TPSA) is 100 Å². The number of hydrogen-bond donors (Lipinski definition) is 2. The maximum atomic E-state index is 12.5. The van der Waals surface area contributed by atoms with Crippen LogP contribution in [0.15, 0.2) is 27.7 Å². The number of carbonyl (C=O) groups excluding carboxylic acids is 1. The molecule has 31 heavy (non-hydrogen) atoms. The van der Waals surface area contributed by atoms with Crippen molar-refractivity contribution in [2.45, 2.75) is 52.5 Å². The van der Waals surface area contributed by atoms with Gasteiger partial charge < -0.3 is 14.3 Å². The third-order valence-electron chi connectivity index (χ3n) is 5.26. The van der Waals surface area contributed by atoms with Gasteiger partial charge in [0.25, 0.3) is 0 Å². The summed E-state index contributed by atoms with van der Waals surface area (Å²) in [5, 5.41) is 12.7. The molecular formula is C23H30N4O4. The lowest BCUT2D eigenvalue weighted by Crippen LogP contribution is -2.34. The molecule has 1 aliphatic heterocycles. The average molecular weight is 427 g/mol. The molecule has 8 heteroatoms. The van der Waals surface area contributed by atoms with E-state index in [2.05, 4.69) is 29.2 Å². The van der Waals surface area contributed by atoms with E-state index in [9.17, 15) is 9.90 Å². The summed E-state index contributed by atoms with van der Waals surface area (Å²) in [7, 11) is 1.88. The quantitative estimate of drug-likeness (QED) is 0.312. The van der Waals surface area contributed by atoms with E-state index >= 15 is 0 Å². The van der Waals surface area contributed by atoms with Crippen molar-refractivity contribution in [2.24, 2.45) is 4.99 Å². The van der Waals surface area contributed by atoms with Crippen LogP contribution in [0.5, 0.6) is 5.75 Å². The van der Waals surface area contributed by atoms with Crippen LogP contribution in [-0.4, -0.2) is 47.0 Å². The van der Waals surface area contributed by atoms with E-state index in [-0.39, 0.29) is 35.6 Å². The third kappa shape index (κ3) is 5.14. The van der Waals surface area contributed by atoms with Crippen LogP contribution in [-0.2, 0) is 4.74 Å². The van der Waals surface area contributed by atoms with Crippen molar-refractivity contribution in [1.82, 2.24) is 9.99 Å². The van der Waals surface area contributed by atoms with Gasteiger partial charge in [-0.05, 0) is 38.5 Å². The molecule has 166 valence electrons. The molecule has 0 aliphatic carbocycles. The van der Waals surface area contributed by atoms with Crippen molar-refractivity contribution in [2.75, 3.05) is 19.1 Å². The zero-order valence-corrected chi connectivity index (χ0v) is 18.5. The number of nitrogens with zero attached hydrogens (tertiary/aromatic N) is 3. The predicted octanol–water partition coefficient (Wildman–Crippen LogP) is 5.04. The van der Waals surface area contributed by atoms with Gasteiger partial charge in [-0.1, -0.05) is 26.2 Å². The van der Waals surface area contributed by atoms with Crippen LogP contribution in [0, 0.1) is 0 Å². The fourth-order valence-corrected chi connectivity index (χ4v) is 3.34. The summed E-state index contributed by atoms with van der Waals surface area (Å²) < 4.78 is 11.0. The van der Waals surface area contributed by atoms with Crippen molar-refractivity contribution in [1.29, 1.82) is 0 Å². The predicted molar refractivity (Wildman–Crippen MR) is 122 cm³/mol. The molecular weight excluding hydrogens is 396 g/mol. The second kappa shape index (κ2) is 10.3. The number of esters is 1. The second-order valence-corrected chi connectivity index (χ2v) is 7.54. The SMILES string of the molecule is CCCCCC(C)N(C)Nc1oc(C=C2C=Nc3ncccc32)c(O)c1C(=O)OCC. The number of ether oxygens (including phenoxy) is 1. The van der Waals surface area contributed by atoms with Gasteiger partial charge in [0, 0.05) is 36.6 Å². The number of hydrazine groups is 1. The Balaban J connectivity index is 1.90. The molecule has 1 aliphatic rings. The number of carbonyl (C=O) groups is 1. The first-order chi connectivity index (χ1) is 15.0. The molecule has 3 heterocycles. The molecule has 0 aromatic carbocycles. The highest BCUT2D eigenvalue weighted by molar-refractivity contribution is 6.21. The van der Waals surface area contributed by atoms with Crippen LogP contribution in [0.1, 0.15) is 68.1 Å². The number of fused-ring (bicyclic) bond motifs is 1. The molecule has 1 unspecified atom stereocenters. The smallest absolute Gasteiger partial charge is 0.347 e. The standard InChI is InChI=1S/C23H30N4O4/c1-5-7-8-10-15(3)27(4)26-22-19(23(29)30-6-2)20(28)18(31-22)13-16-14-25-21-17(16)11-9-12-24-21/h9,11-15,26,28H,5-8,10H2,1-4H3. The number of furan rings is 1. The number of allylic oxidation sites excluding steroid dienone is 1. The molecule has 2 aromatic heterocycles. The number of rotatable bonds is 10. The highest BCUT2D eigenvalue weighted by atomic mass is 16.5. The normalized spacial score (nSPS) is 14.8. The molecule has 0 saturated carbocycles. The Morgan fingerprint density at radius 2 is 2.19 bits per heavy atom. The first kappa shape index (κ1) is 22.6. The number of aromatic hydroxyl groups is 1. The molecule has 0 fully saturated rings. The molecule has 1 atom stereocenters. The molecule has 0 spiro atoms. The van der Waals surface area contributed by atoms with Crippen LogP contribution in [0.25, 0.3) is 11.6 Å². The van der Waals surface area contributed by atoms with E-state index in [1.807, 2.05) is 24.2 Å². The number of anilines is 1. The van der Waals surface area contributed by atoms with E-state index < -0.39 is 5.97 Å². The van der Waals surface area contributed by atoms with Gasteiger partial charge in [-0.2, -0.15) is 0 Å². The van der Waals surface area contributed by atoms with Gasteiger partial charge in [0.15, 0.2) is 22.9 Å².